The SMILES string of the molecule is C=C(CCc1nc(-c2ccc(OC(F)(F)F)cc2)no1)N1CCCc2ccccc21. The Labute approximate surface area is 171 Å². The maximum Gasteiger partial charge on any atom is 0.573 e. The van der Waals surface area contributed by atoms with Crippen molar-refractivity contribution in [3.63, 3.8) is 0 Å². The van der Waals surface area contributed by atoms with Crippen LogP contribution in [0.25, 0.3) is 11.4 Å². The molecule has 0 amide bonds. The Morgan fingerprint density at radius 3 is 2.67 bits per heavy atom. The van der Waals surface area contributed by atoms with Gasteiger partial charge in [0.2, 0.25) is 11.7 Å². The van der Waals surface area contributed by atoms with Crippen molar-refractivity contribution in [1.82, 2.24) is 10.1 Å². The van der Waals surface area contributed by atoms with Gasteiger partial charge in [0.15, 0.2) is 0 Å². The molecule has 0 aliphatic carbocycles. The first-order valence-electron chi connectivity index (χ1n) is 9.61. The summed E-state index contributed by atoms with van der Waals surface area (Å²) in [5, 5.41) is 3.92. The molecular formula is C22H20F3N3O2. The lowest BCUT2D eigenvalue weighted by Crippen LogP contribution is -2.28. The van der Waals surface area contributed by atoms with E-state index in [0.29, 0.717) is 30.1 Å². The minimum Gasteiger partial charge on any atom is -0.406 e. The molecule has 1 aliphatic heterocycles. The van der Waals surface area contributed by atoms with Crippen molar-refractivity contribution in [3.8, 4) is 17.1 Å². The summed E-state index contributed by atoms with van der Waals surface area (Å²) in [6.07, 6.45) is -1.39. The number of alkyl halides is 3. The van der Waals surface area contributed by atoms with Crippen LogP contribution in [-0.2, 0) is 12.8 Å². The lowest BCUT2D eigenvalue weighted by Gasteiger charge is -2.32. The topological polar surface area (TPSA) is 51.4 Å². The Balaban J connectivity index is 1.38. The van der Waals surface area contributed by atoms with Crippen LogP contribution in [0.2, 0.25) is 0 Å². The summed E-state index contributed by atoms with van der Waals surface area (Å²) in [6.45, 7) is 5.15. The summed E-state index contributed by atoms with van der Waals surface area (Å²) in [7, 11) is 0. The molecule has 156 valence electrons. The number of hydrogen-bond acceptors (Lipinski definition) is 5. The van der Waals surface area contributed by atoms with E-state index < -0.39 is 6.36 Å². The standard InChI is InChI=1S/C22H20F3N3O2/c1-15(28-14-4-6-16-5-2-3-7-19(16)28)8-13-20-26-21(27-30-20)17-9-11-18(12-10-17)29-22(23,24)25/h2-3,5,7,9-12H,1,4,6,8,13-14H2. The number of nitrogens with zero attached hydrogens (tertiary/aromatic N) is 3. The maximum absolute atomic E-state index is 12.3. The number of allylic oxidation sites excluding steroid dienone is 1. The Bertz CT molecular complexity index is 1030. The molecule has 5 nitrogen and oxygen atoms in total. The number of fused-ring (bicyclic) bond motifs is 1. The molecule has 0 saturated heterocycles. The maximum atomic E-state index is 12.3. The molecule has 8 heteroatoms. The van der Waals surface area contributed by atoms with Crippen LogP contribution in [0.3, 0.4) is 0 Å². The molecule has 1 aromatic heterocycles. The first-order chi connectivity index (χ1) is 14.4. The third-order valence-corrected chi connectivity index (χ3v) is 4.93. The highest BCUT2D eigenvalue weighted by molar-refractivity contribution is 5.59. The fourth-order valence-electron chi connectivity index (χ4n) is 3.53. The number of ether oxygens (including phenoxy) is 1. The van der Waals surface area contributed by atoms with Crippen LogP contribution < -0.4 is 9.64 Å². The van der Waals surface area contributed by atoms with Crippen LogP contribution >= 0.6 is 0 Å². The zero-order chi connectivity index (χ0) is 21.1. The average Bonchev–Trinajstić information content (AvgIpc) is 3.20. The molecule has 0 N–H and O–H groups in total. The number of para-hydroxylation sites is 1. The number of rotatable bonds is 6. The van der Waals surface area contributed by atoms with Gasteiger partial charge in [-0.15, -0.1) is 13.2 Å². The molecule has 0 fully saturated rings. The minimum absolute atomic E-state index is 0.298. The molecule has 0 saturated carbocycles. The van der Waals surface area contributed by atoms with Crippen LogP contribution in [0, 0.1) is 0 Å². The molecule has 1 aliphatic rings. The monoisotopic (exact) mass is 415 g/mol. The second-order valence-electron chi connectivity index (χ2n) is 7.03. The number of benzene rings is 2. The highest BCUT2D eigenvalue weighted by Crippen LogP contribution is 2.31. The molecule has 0 spiro atoms. The quantitative estimate of drug-likeness (QED) is 0.530. The van der Waals surface area contributed by atoms with Gasteiger partial charge in [-0.1, -0.05) is 29.9 Å². The molecule has 3 aromatic rings. The number of aryl methyl sites for hydroxylation is 2. The molecule has 4 rings (SSSR count). The Morgan fingerprint density at radius 2 is 1.90 bits per heavy atom. The van der Waals surface area contributed by atoms with E-state index in [2.05, 4.69) is 38.5 Å². The third-order valence-electron chi connectivity index (χ3n) is 4.93. The van der Waals surface area contributed by atoms with Crippen molar-refractivity contribution < 1.29 is 22.4 Å². The number of halogens is 3. The van der Waals surface area contributed by atoms with E-state index in [1.807, 2.05) is 12.1 Å². The van der Waals surface area contributed by atoms with Gasteiger partial charge >= 0.3 is 6.36 Å². The van der Waals surface area contributed by atoms with Crippen LogP contribution in [0.15, 0.2) is 65.3 Å². The van der Waals surface area contributed by atoms with Crippen molar-refractivity contribution in [2.45, 2.75) is 32.0 Å². The van der Waals surface area contributed by atoms with E-state index in [1.54, 1.807) is 0 Å². The second-order valence-corrected chi connectivity index (χ2v) is 7.03. The lowest BCUT2D eigenvalue weighted by molar-refractivity contribution is -0.274. The van der Waals surface area contributed by atoms with E-state index in [-0.39, 0.29) is 5.75 Å². The van der Waals surface area contributed by atoms with E-state index in [1.165, 1.54) is 35.5 Å². The number of anilines is 1. The second kappa shape index (κ2) is 8.22. The highest BCUT2D eigenvalue weighted by Gasteiger charge is 2.31. The van der Waals surface area contributed by atoms with Crippen LogP contribution in [-0.4, -0.2) is 23.0 Å². The lowest BCUT2D eigenvalue weighted by atomic mass is 10.0. The van der Waals surface area contributed by atoms with Gasteiger partial charge in [0.05, 0.1) is 0 Å². The number of aromatic nitrogens is 2. The molecule has 0 unspecified atom stereocenters. The van der Waals surface area contributed by atoms with Crippen LogP contribution in [0.1, 0.15) is 24.3 Å². The Morgan fingerprint density at radius 1 is 1.13 bits per heavy atom. The first-order valence-corrected chi connectivity index (χ1v) is 9.61. The van der Waals surface area contributed by atoms with E-state index in [9.17, 15) is 13.2 Å². The van der Waals surface area contributed by atoms with Crippen LogP contribution in [0.5, 0.6) is 5.75 Å². The molecule has 0 atom stereocenters. The van der Waals surface area contributed by atoms with Gasteiger partial charge in [-0.2, -0.15) is 4.98 Å². The number of hydrogen-bond donors (Lipinski definition) is 0. The summed E-state index contributed by atoms with van der Waals surface area (Å²) in [4.78, 5) is 6.58. The van der Waals surface area contributed by atoms with Crippen molar-refractivity contribution >= 4 is 5.69 Å². The smallest absolute Gasteiger partial charge is 0.406 e. The third kappa shape index (κ3) is 4.64. The highest BCUT2D eigenvalue weighted by atomic mass is 19.4. The Hall–Kier alpha value is -3.29. The first kappa shape index (κ1) is 20.0. The van der Waals surface area contributed by atoms with Gasteiger partial charge < -0.3 is 14.2 Å². The van der Waals surface area contributed by atoms with Gasteiger partial charge in [-0.25, -0.2) is 0 Å². The molecular weight excluding hydrogens is 395 g/mol. The summed E-state index contributed by atoms with van der Waals surface area (Å²) in [6, 6.07) is 13.7. The minimum atomic E-state index is -4.72. The average molecular weight is 415 g/mol. The van der Waals surface area contributed by atoms with Crippen LogP contribution in [0.4, 0.5) is 18.9 Å². The summed E-state index contributed by atoms with van der Waals surface area (Å²) >= 11 is 0. The molecule has 0 bridgehead atoms. The fraction of sp³-hybridized carbons (Fsp3) is 0.273. The van der Waals surface area contributed by atoms with Gasteiger partial charge in [0, 0.05) is 29.9 Å². The molecule has 30 heavy (non-hydrogen) atoms. The molecule has 2 aromatic carbocycles. The summed E-state index contributed by atoms with van der Waals surface area (Å²) in [5.74, 6) is 0.470. The molecule has 2 heterocycles. The predicted octanol–water partition coefficient (Wildman–Crippen LogP) is 5.53. The van der Waals surface area contributed by atoms with Gasteiger partial charge in [-0.05, 0) is 55.2 Å². The van der Waals surface area contributed by atoms with Gasteiger partial charge in [0.25, 0.3) is 0 Å². The van der Waals surface area contributed by atoms with E-state index in [0.717, 1.165) is 25.1 Å². The summed E-state index contributed by atoms with van der Waals surface area (Å²) < 4.78 is 46.0. The van der Waals surface area contributed by atoms with E-state index in [4.69, 9.17) is 4.52 Å². The Kier molecular flexibility index (Phi) is 5.48. The summed E-state index contributed by atoms with van der Waals surface area (Å²) in [5.41, 5.74) is 4.04. The molecule has 0 radical (unpaired) electrons. The zero-order valence-corrected chi connectivity index (χ0v) is 16.2. The normalized spacial score (nSPS) is 13.8. The van der Waals surface area contributed by atoms with Gasteiger partial charge in [-0.3, -0.25) is 0 Å². The van der Waals surface area contributed by atoms with Crippen molar-refractivity contribution in [2.75, 3.05) is 11.4 Å². The fourth-order valence-corrected chi connectivity index (χ4v) is 3.53. The zero-order valence-electron chi connectivity index (χ0n) is 16.2. The van der Waals surface area contributed by atoms with Crippen molar-refractivity contribution in [2.24, 2.45) is 0 Å². The largest absolute Gasteiger partial charge is 0.573 e. The van der Waals surface area contributed by atoms with Crippen molar-refractivity contribution in [3.05, 3.63) is 72.3 Å². The predicted molar refractivity (Wildman–Crippen MR) is 106 cm³/mol. The van der Waals surface area contributed by atoms with Gasteiger partial charge in [0.1, 0.15) is 5.75 Å². The van der Waals surface area contributed by atoms with Crippen molar-refractivity contribution in [1.29, 1.82) is 0 Å². The van der Waals surface area contributed by atoms with E-state index >= 15 is 0 Å².